The lowest BCUT2D eigenvalue weighted by Crippen LogP contribution is -2.32. The summed E-state index contributed by atoms with van der Waals surface area (Å²) in [4.78, 5) is 11.3. The van der Waals surface area contributed by atoms with Crippen molar-refractivity contribution in [3.63, 3.8) is 0 Å². The number of nitrogens with one attached hydrogen (secondary N) is 1. The summed E-state index contributed by atoms with van der Waals surface area (Å²) < 4.78 is 17.9. The normalized spacial score (nSPS) is 10.4. The van der Waals surface area contributed by atoms with Gasteiger partial charge in [0.15, 0.2) is 0 Å². The van der Waals surface area contributed by atoms with Crippen molar-refractivity contribution in [1.29, 1.82) is 0 Å². The largest absolute Gasteiger partial charge is 0.444 e. The maximum Gasteiger partial charge on any atom is 0.407 e. The molecular weight excluding hydrogens is 259 g/mol. The molecular formula is C15H19FN2O2. The maximum absolute atomic E-state index is 12.8. The predicted molar refractivity (Wildman–Crippen MR) is 76.5 cm³/mol. The van der Waals surface area contributed by atoms with E-state index in [1.54, 1.807) is 20.8 Å². The molecule has 0 spiro atoms. The topological polar surface area (TPSA) is 64.3 Å². The van der Waals surface area contributed by atoms with E-state index in [4.69, 9.17) is 10.5 Å². The third-order valence-electron chi connectivity index (χ3n) is 2.15. The minimum Gasteiger partial charge on any atom is -0.444 e. The van der Waals surface area contributed by atoms with Crippen molar-refractivity contribution in [2.75, 3.05) is 12.3 Å². The molecule has 0 fully saturated rings. The second kappa shape index (κ2) is 6.80. The van der Waals surface area contributed by atoms with Crippen LogP contribution in [0.15, 0.2) is 18.2 Å². The van der Waals surface area contributed by atoms with E-state index < -0.39 is 11.7 Å². The number of anilines is 1. The molecule has 0 aliphatic heterocycles. The van der Waals surface area contributed by atoms with Gasteiger partial charge in [0.25, 0.3) is 0 Å². The van der Waals surface area contributed by atoms with Gasteiger partial charge in [-0.15, -0.1) is 0 Å². The molecule has 0 aliphatic rings. The first-order valence-corrected chi connectivity index (χ1v) is 6.29. The van der Waals surface area contributed by atoms with Crippen LogP contribution in [0.2, 0.25) is 0 Å². The van der Waals surface area contributed by atoms with Crippen molar-refractivity contribution in [3.05, 3.63) is 29.6 Å². The van der Waals surface area contributed by atoms with Gasteiger partial charge in [-0.1, -0.05) is 11.8 Å². The molecule has 1 aromatic carbocycles. The standard InChI is InChI=1S/C15H19FN2O2/c1-15(2,3)20-14(19)18-9-5-4-6-11-7-8-12(16)10-13(11)17/h7-8,10H,5,9,17H2,1-3H3,(H,18,19). The Morgan fingerprint density at radius 1 is 1.45 bits per heavy atom. The lowest BCUT2D eigenvalue weighted by molar-refractivity contribution is 0.0529. The van der Waals surface area contributed by atoms with Crippen molar-refractivity contribution < 1.29 is 13.9 Å². The van der Waals surface area contributed by atoms with Crippen LogP contribution in [0.5, 0.6) is 0 Å². The van der Waals surface area contributed by atoms with Gasteiger partial charge in [0.05, 0.1) is 5.69 Å². The van der Waals surface area contributed by atoms with Crippen molar-refractivity contribution in [3.8, 4) is 11.8 Å². The summed E-state index contributed by atoms with van der Waals surface area (Å²) in [7, 11) is 0. The molecule has 0 atom stereocenters. The summed E-state index contributed by atoms with van der Waals surface area (Å²) in [5, 5.41) is 2.59. The van der Waals surface area contributed by atoms with Gasteiger partial charge in [-0.3, -0.25) is 0 Å². The second-order valence-electron chi connectivity index (χ2n) is 5.21. The van der Waals surface area contributed by atoms with Gasteiger partial charge in [0, 0.05) is 18.5 Å². The Morgan fingerprint density at radius 2 is 2.15 bits per heavy atom. The van der Waals surface area contributed by atoms with Gasteiger partial charge in [0.2, 0.25) is 0 Å². The number of carbonyl (C=O) groups is 1. The molecule has 1 rings (SSSR count). The van der Waals surface area contributed by atoms with Crippen LogP contribution in [-0.2, 0) is 4.74 Å². The highest BCUT2D eigenvalue weighted by molar-refractivity contribution is 5.67. The Morgan fingerprint density at radius 3 is 2.75 bits per heavy atom. The molecule has 1 amide bonds. The van der Waals surface area contributed by atoms with E-state index in [2.05, 4.69) is 17.2 Å². The molecule has 0 saturated carbocycles. The number of amides is 1. The first-order valence-electron chi connectivity index (χ1n) is 6.29. The van der Waals surface area contributed by atoms with E-state index in [0.29, 0.717) is 24.2 Å². The Bertz CT molecular complexity index is 539. The minimum absolute atomic E-state index is 0.303. The van der Waals surface area contributed by atoms with E-state index in [-0.39, 0.29) is 5.82 Å². The maximum atomic E-state index is 12.8. The highest BCUT2D eigenvalue weighted by Crippen LogP contribution is 2.11. The zero-order valence-electron chi connectivity index (χ0n) is 11.9. The van der Waals surface area contributed by atoms with Crippen molar-refractivity contribution in [2.24, 2.45) is 0 Å². The Hall–Kier alpha value is -2.22. The van der Waals surface area contributed by atoms with Crippen LogP contribution in [0, 0.1) is 17.7 Å². The van der Waals surface area contributed by atoms with Crippen molar-refractivity contribution >= 4 is 11.8 Å². The number of rotatable bonds is 2. The molecule has 5 heteroatoms. The Balaban J connectivity index is 2.38. The van der Waals surface area contributed by atoms with Crippen LogP contribution in [0.1, 0.15) is 32.8 Å². The average molecular weight is 278 g/mol. The third-order valence-corrected chi connectivity index (χ3v) is 2.15. The fourth-order valence-corrected chi connectivity index (χ4v) is 1.35. The number of benzene rings is 1. The van der Waals surface area contributed by atoms with Crippen LogP contribution in [0.3, 0.4) is 0 Å². The first-order chi connectivity index (χ1) is 9.28. The van der Waals surface area contributed by atoms with Gasteiger partial charge in [-0.05, 0) is 39.0 Å². The smallest absolute Gasteiger partial charge is 0.407 e. The molecule has 108 valence electrons. The SMILES string of the molecule is CC(C)(C)OC(=O)NCCC#Cc1ccc(F)cc1N. The highest BCUT2D eigenvalue weighted by atomic mass is 19.1. The van der Waals surface area contributed by atoms with Crippen LogP contribution >= 0.6 is 0 Å². The lowest BCUT2D eigenvalue weighted by atomic mass is 10.2. The van der Waals surface area contributed by atoms with E-state index in [1.807, 2.05) is 0 Å². The number of ether oxygens (including phenoxy) is 1. The number of nitrogens with two attached hydrogens (primary N) is 1. The van der Waals surface area contributed by atoms with Gasteiger partial charge in [-0.25, -0.2) is 9.18 Å². The van der Waals surface area contributed by atoms with Gasteiger partial charge in [-0.2, -0.15) is 0 Å². The summed E-state index contributed by atoms with van der Waals surface area (Å²) in [6.07, 6.45) is -0.0172. The number of halogens is 1. The number of hydrogen-bond acceptors (Lipinski definition) is 3. The predicted octanol–water partition coefficient (Wildman–Crippen LogP) is 2.67. The highest BCUT2D eigenvalue weighted by Gasteiger charge is 2.15. The van der Waals surface area contributed by atoms with Crippen molar-refractivity contribution in [1.82, 2.24) is 5.32 Å². The van der Waals surface area contributed by atoms with E-state index in [1.165, 1.54) is 18.2 Å². The zero-order chi connectivity index (χ0) is 15.2. The summed E-state index contributed by atoms with van der Waals surface area (Å²) >= 11 is 0. The zero-order valence-corrected chi connectivity index (χ0v) is 11.9. The fraction of sp³-hybridized carbons (Fsp3) is 0.400. The quantitative estimate of drug-likeness (QED) is 0.496. The van der Waals surface area contributed by atoms with Crippen LogP contribution in [0.4, 0.5) is 14.9 Å². The molecule has 0 bridgehead atoms. The van der Waals surface area contributed by atoms with E-state index in [0.717, 1.165) is 0 Å². The molecule has 3 N–H and O–H groups in total. The van der Waals surface area contributed by atoms with Gasteiger partial charge >= 0.3 is 6.09 Å². The summed E-state index contributed by atoms with van der Waals surface area (Å²) in [6.45, 7) is 5.76. The summed E-state index contributed by atoms with van der Waals surface area (Å²) in [5.74, 6) is 5.30. The van der Waals surface area contributed by atoms with Crippen molar-refractivity contribution in [2.45, 2.75) is 32.8 Å². The molecule has 0 radical (unpaired) electrons. The van der Waals surface area contributed by atoms with Gasteiger partial charge in [0.1, 0.15) is 11.4 Å². The molecule has 4 nitrogen and oxygen atoms in total. The molecule has 0 unspecified atom stereocenters. The Labute approximate surface area is 118 Å². The molecule has 1 aromatic rings. The molecule has 0 aromatic heterocycles. The molecule has 0 aliphatic carbocycles. The number of alkyl carbamates (subject to hydrolysis) is 1. The lowest BCUT2D eigenvalue weighted by Gasteiger charge is -2.19. The average Bonchev–Trinajstić information content (AvgIpc) is 2.28. The first kappa shape index (κ1) is 15.8. The molecule has 0 heterocycles. The van der Waals surface area contributed by atoms with Crippen LogP contribution in [-0.4, -0.2) is 18.2 Å². The Kier molecular flexibility index (Phi) is 5.39. The molecule has 0 saturated heterocycles. The molecule has 20 heavy (non-hydrogen) atoms. The van der Waals surface area contributed by atoms with Crippen LogP contribution in [0.25, 0.3) is 0 Å². The number of hydrogen-bond donors (Lipinski definition) is 2. The number of carbonyl (C=O) groups excluding carboxylic acids is 1. The summed E-state index contributed by atoms with van der Waals surface area (Å²) in [6, 6.07) is 4.06. The van der Waals surface area contributed by atoms with E-state index in [9.17, 15) is 9.18 Å². The second-order valence-corrected chi connectivity index (χ2v) is 5.21. The summed E-state index contributed by atoms with van der Waals surface area (Å²) in [5.41, 5.74) is 5.98. The third kappa shape index (κ3) is 6.10. The van der Waals surface area contributed by atoms with Gasteiger partial charge < -0.3 is 15.8 Å². The van der Waals surface area contributed by atoms with Crippen LogP contribution < -0.4 is 11.1 Å². The minimum atomic E-state index is -0.516. The number of nitrogen functional groups attached to an aromatic ring is 1. The monoisotopic (exact) mass is 278 g/mol. The van der Waals surface area contributed by atoms with E-state index >= 15 is 0 Å². The fourth-order valence-electron chi connectivity index (χ4n) is 1.35.